The number of anilines is 1. The first-order chi connectivity index (χ1) is 23.6. The van der Waals surface area contributed by atoms with Gasteiger partial charge < -0.3 is 23.1 Å². The van der Waals surface area contributed by atoms with Crippen molar-refractivity contribution in [3.8, 4) is 0 Å². The van der Waals surface area contributed by atoms with Crippen LogP contribution < -0.4 is 93.6 Å². The van der Waals surface area contributed by atoms with Crippen molar-refractivity contribution in [2.24, 2.45) is 0 Å². The van der Waals surface area contributed by atoms with Crippen LogP contribution >= 0.6 is 45.2 Å². The van der Waals surface area contributed by atoms with Crippen LogP contribution in [0.1, 0.15) is 45.7 Å². The number of allylic oxidation sites excluding steroid dienone is 8. The summed E-state index contributed by atoms with van der Waals surface area (Å²) < 4.78 is 143. The molecule has 2 aromatic carbocycles. The van der Waals surface area contributed by atoms with E-state index in [0.717, 1.165) is 12.1 Å². The SMILES string of the molecule is CC(/C=C/C=C1/N(CCS(=O)(=O)[O-])c2ccc(S(=O)(=O)[O-])c([125I])c2C1(C)C)=C\C=C\C1=[N+](CCS(=O)(=O)[O-])c2ccc(S(=O)(=O)[O-])c([123I])c2C1(C)C.[Na+].[Na+].[Na+]. The summed E-state index contributed by atoms with van der Waals surface area (Å²) in [6.07, 6.45) is 10.2. The Labute approximate surface area is 416 Å². The molecule has 2 aliphatic heterocycles. The Balaban J connectivity index is 0.00000504. The Bertz CT molecular complexity index is 2460. The van der Waals surface area contributed by atoms with Gasteiger partial charge >= 0.3 is 88.7 Å². The van der Waals surface area contributed by atoms with Crippen molar-refractivity contribution in [2.45, 2.75) is 55.2 Å². The first-order valence-corrected chi connectivity index (χ1v) is 23.3. The summed E-state index contributed by atoms with van der Waals surface area (Å²) in [7, 11) is -18.9. The van der Waals surface area contributed by atoms with Gasteiger partial charge in [-0.25, -0.2) is 33.7 Å². The number of halogens is 2. The molecular formula is C32H33I2N2Na3O12S4. The van der Waals surface area contributed by atoms with Crippen molar-refractivity contribution in [1.82, 2.24) is 0 Å². The molecule has 0 unspecified atom stereocenters. The molecule has 2 aromatic rings. The van der Waals surface area contributed by atoms with Crippen LogP contribution in [0.15, 0.2) is 81.8 Å². The van der Waals surface area contributed by atoms with E-state index in [1.165, 1.54) is 12.1 Å². The van der Waals surface area contributed by atoms with Gasteiger partial charge in [0.15, 0.2) is 12.3 Å². The second kappa shape index (κ2) is 19.8. The minimum atomic E-state index is -4.82. The maximum atomic E-state index is 11.9. The van der Waals surface area contributed by atoms with Gasteiger partial charge in [-0.05, 0) is 90.2 Å². The molecule has 0 bridgehead atoms. The maximum absolute atomic E-state index is 11.9. The predicted molar refractivity (Wildman–Crippen MR) is 207 cm³/mol. The smallest absolute Gasteiger partial charge is 0.748 e. The van der Waals surface area contributed by atoms with Crippen LogP contribution in [0.25, 0.3) is 0 Å². The molecule has 0 N–H and O–H groups in total. The van der Waals surface area contributed by atoms with Gasteiger partial charge in [0.1, 0.15) is 30.4 Å². The van der Waals surface area contributed by atoms with Crippen molar-refractivity contribution < 1.29 is 145 Å². The van der Waals surface area contributed by atoms with Crippen molar-refractivity contribution in [1.29, 1.82) is 0 Å². The molecule has 0 saturated heterocycles. The minimum absolute atomic E-state index is 0. The molecule has 55 heavy (non-hydrogen) atoms. The van der Waals surface area contributed by atoms with Gasteiger partial charge in [0.2, 0.25) is 5.69 Å². The molecule has 2 heterocycles. The Hall–Kier alpha value is 0.970. The fraction of sp³-hybridized carbons (Fsp3) is 0.344. The molecule has 284 valence electrons. The summed E-state index contributed by atoms with van der Waals surface area (Å²) in [6.45, 7) is 8.47. The number of fused-ring (bicyclic) bond motifs is 2. The number of rotatable bonds is 12. The molecule has 4 rings (SSSR count). The second-order valence-corrected chi connectivity index (χ2v) is 21.0. The van der Waals surface area contributed by atoms with Crippen molar-refractivity contribution in [3.63, 3.8) is 0 Å². The van der Waals surface area contributed by atoms with Crippen LogP contribution in [0.3, 0.4) is 0 Å². The quantitative estimate of drug-likeness (QED) is 0.0638. The Kier molecular flexibility index (Phi) is 19.4. The summed E-state index contributed by atoms with van der Waals surface area (Å²) in [5.74, 6) is -1.45. The molecule has 0 saturated carbocycles. The van der Waals surface area contributed by atoms with E-state index in [-0.39, 0.29) is 109 Å². The van der Waals surface area contributed by atoms with Crippen LogP contribution in [0.5, 0.6) is 0 Å². The number of hydrogen-bond acceptors (Lipinski definition) is 13. The Morgan fingerprint density at radius 2 is 1.35 bits per heavy atom. The largest absolute Gasteiger partial charge is 1.00 e. The monoisotopic (exact) mass is 1080 g/mol. The molecule has 0 aliphatic carbocycles. The molecule has 0 amide bonds. The summed E-state index contributed by atoms with van der Waals surface area (Å²) in [6, 6.07) is 5.15. The minimum Gasteiger partial charge on any atom is -0.748 e. The second-order valence-electron chi connectivity index (χ2n) is 13.1. The van der Waals surface area contributed by atoms with Crippen molar-refractivity contribution in [2.75, 3.05) is 29.5 Å². The zero-order valence-electron chi connectivity index (χ0n) is 31.3. The van der Waals surface area contributed by atoms with Gasteiger partial charge in [-0.3, -0.25) is 0 Å². The predicted octanol–water partition coefficient (Wildman–Crippen LogP) is -5.08. The Morgan fingerprint density at radius 1 is 0.800 bits per heavy atom. The average Bonchev–Trinajstić information content (AvgIpc) is 3.32. The fourth-order valence-corrected chi connectivity index (χ4v) is 12.2. The fourth-order valence-electron chi connectivity index (χ4n) is 6.43. The zero-order chi connectivity index (χ0) is 39.4. The summed E-state index contributed by atoms with van der Waals surface area (Å²) >= 11 is 3.56. The molecular weight excluding hydrogens is 1050 g/mol. The molecule has 0 spiro atoms. The van der Waals surface area contributed by atoms with Crippen molar-refractivity contribution in [3.05, 3.63) is 90.3 Å². The normalized spacial score (nSPS) is 17.6. The van der Waals surface area contributed by atoms with E-state index in [2.05, 4.69) is 0 Å². The van der Waals surface area contributed by atoms with Gasteiger partial charge in [0.25, 0.3) is 0 Å². The summed E-state index contributed by atoms with van der Waals surface area (Å²) in [4.78, 5) is 0.781. The molecule has 2 aliphatic rings. The summed E-state index contributed by atoms with van der Waals surface area (Å²) in [5, 5.41) is 0. The molecule has 0 aromatic heterocycles. The van der Waals surface area contributed by atoms with E-state index in [1.807, 2.05) is 0 Å². The van der Waals surface area contributed by atoms with Crippen LogP contribution in [0.4, 0.5) is 11.4 Å². The van der Waals surface area contributed by atoms with Crippen LogP contribution in [0.2, 0.25) is 0 Å². The molecule has 23 heteroatoms. The van der Waals surface area contributed by atoms with E-state index in [4.69, 9.17) is 0 Å². The van der Waals surface area contributed by atoms with E-state index in [0.29, 0.717) is 39.5 Å². The van der Waals surface area contributed by atoms with Crippen molar-refractivity contribution >= 4 is 103 Å². The van der Waals surface area contributed by atoms with Gasteiger partial charge in [-0.2, -0.15) is 4.58 Å². The maximum Gasteiger partial charge on any atom is 1.00 e. The third-order valence-corrected chi connectivity index (χ3v) is 14.9. The number of benzene rings is 2. The molecule has 0 radical (unpaired) electrons. The molecule has 14 nitrogen and oxygen atoms in total. The first kappa shape index (κ1) is 54.0. The molecule has 0 atom stereocenters. The van der Waals surface area contributed by atoms with E-state index < -0.39 is 72.6 Å². The third kappa shape index (κ3) is 12.5. The van der Waals surface area contributed by atoms with Crippen LogP contribution in [-0.4, -0.2) is 86.8 Å². The zero-order valence-corrected chi connectivity index (χ0v) is 44.9. The van der Waals surface area contributed by atoms with Crippen LogP contribution in [-0.2, 0) is 51.3 Å². The van der Waals surface area contributed by atoms with Gasteiger partial charge in [0.05, 0.1) is 42.4 Å². The van der Waals surface area contributed by atoms with E-state index in [1.54, 1.807) is 126 Å². The van der Waals surface area contributed by atoms with E-state index in [9.17, 15) is 51.9 Å². The number of nitrogens with zero attached hydrogens (tertiary/aromatic N) is 2. The topological polar surface area (TPSA) is 235 Å². The van der Waals surface area contributed by atoms with Gasteiger partial charge in [-0.15, -0.1) is 0 Å². The van der Waals surface area contributed by atoms with E-state index >= 15 is 0 Å². The third-order valence-electron chi connectivity index (χ3n) is 8.76. The molecule has 0 fully saturated rings. The Morgan fingerprint density at radius 3 is 1.87 bits per heavy atom. The average molecular weight is 1080 g/mol. The standard InChI is InChI=1S/C32H36I2N2O12S4.3Na/c1-20(8-6-10-25-31(2,3)27-21(35(25)16-18-49(37,38)39)12-14-23(29(27)33)51(43,44)45)9-7-11-26-32(4,5)28-22(36(26)17-19-50(40,41)42)13-15-24(30(28)34)52(46,47)48;;;/h6-15H,16-19H2,1-5H3,(H3-,37,38,39,40,41,42,43,44,45,46,47,48);;;/q;3*+1/p-3/i33-4,34-2;;;. The summed E-state index contributed by atoms with van der Waals surface area (Å²) in [5.41, 5.74) is 1.87. The van der Waals surface area contributed by atoms with Gasteiger partial charge in [0, 0.05) is 48.2 Å². The van der Waals surface area contributed by atoms with Gasteiger partial charge in [-0.1, -0.05) is 43.7 Å². The number of hydrogen-bond donors (Lipinski definition) is 0. The first-order valence-electron chi connectivity index (χ1n) is 15.2. The van der Waals surface area contributed by atoms with Crippen LogP contribution in [0, 0.1) is 7.14 Å².